The molecule has 106 valence electrons. The molecule has 20 heavy (non-hydrogen) atoms. The van der Waals surface area contributed by atoms with E-state index in [9.17, 15) is 9.59 Å². The molecule has 2 heterocycles. The normalized spacial score (nSPS) is 18.2. The highest BCUT2D eigenvalue weighted by Crippen LogP contribution is 2.29. The molecule has 0 spiro atoms. The van der Waals surface area contributed by atoms with Gasteiger partial charge in [0.1, 0.15) is 0 Å². The van der Waals surface area contributed by atoms with Crippen molar-refractivity contribution in [2.75, 3.05) is 43.4 Å². The molecule has 3 N–H and O–H groups in total. The van der Waals surface area contributed by atoms with E-state index in [1.807, 2.05) is 18.2 Å². The standard InChI is InChI=1S/C14H18N4O2/c19-12-4-8-18(9-7-16-12)14(20)10-2-1-3-11-13(10)17-6-5-15-11/h1-3,15,17H,4-9H2,(H,16,19). The molecule has 1 saturated heterocycles. The van der Waals surface area contributed by atoms with E-state index in [0.717, 1.165) is 24.5 Å². The van der Waals surface area contributed by atoms with Crippen molar-refractivity contribution in [1.82, 2.24) is 10.2 Å². The minimum absolute atomic E-state index is 0.00943. The Morgan fingerprint density at radius 3 is 2.80 bits per heavy atom. The van der Waals surface area contributed by atoms with Crippen LogP contribution in [0.1, 0.15) is 16.8 Å². The van der Waals surface area contributed by atoms with Gasteiger partial charge >= 0.3 is 0 Å². The molecule has 0 unspecified atom stereocenters. The Balaban J connectivity index is 1.85. The molecule has 0 bridgehead atoms. The van der Waals surface area contributed by atoms with Crippen LogP contribution in [0, 0.1) is 0 Å². The predicted molar refractivity (Wildman–Crippen MR) is 77.0 cm³/mol. The van der Waals surface area contributed by atoms with Crippen LogP contribution in [0.3, 0.4) is 0 Å². The smallest absolute Gasteiger partial charge is 0.256 e. The van der Waals surface area contributed by atoms with Gasteiger partial charge in [-0.15, -0.1) is 0 Å². The highest BCUT2D eigenvalue weighted by molar-refractivity contribution is 6.03. The highest BCUT2D eigenvalue weighted by atomic mass is 16.2. The Labute approximate surface area is 117 Å². The van der Waals surface area contributed by atoms with Crippen molar-refractivity contribution in [3.05, 3.63) is 23.8 Å². The van der Waals surface area contributed by atoms with Crippen molar-refractivity contribution in [1.29, 1.82) is 0 Å². The van der Waals surface area contributed by atoms with Crippen LogP contribution in [0.5, 0.6) is 0 Å². The zero-order valence-corrected chi connectivity index (χ0v) is 11.2. The summed E-state index contributed by atoms with van der Waals surface area (Å²) in [5.74, 6) is -0.00951. The van der Waals surface area contributed by atoms with E-state index in [0.29, 0.717) is 31.6 Å². The SMILES string of the molecule is O=C1CCN(C(=O)c2cccc3c2NCCN3)CCN1. The molecule has 1 aromatic carbocycles. The Kier molecular flexibility index (Phi) is 3.45. The minimum Gasteiger partial charge on any atom is -0.382 e. The topological polar surface area (TPSA) is 73.5 Å². The van der Waals surface area contributed by atoms with Crippen molar-refractivity contribution in [3.8, 4) is 0 Å². The lowest BCUT2D eigenvalue weighted by Crippen LogP contribution is -2.35. The summed E-state index contributed by atoms with van der Waals surface area (Å²) >= 11 is 0. The molecule has 2 amide bonds. The molecular weight excluding hydrogens is 256 g/mol. The Bertz CT molecular complexity index is 544. The van der Waals surface area contributed by atoms with Gasteiger partial charge in [0.2, 0.25) is 5.91 Å². The molecule has 0 saturated carbocycles. The van der Waals surface area contributed by atoms with Crippen LogP contribution in [0.2, 0.25) is 0 Å². The maximum absolute atomic E-state index is 12.7. The van der Waals surface area contributed by atoms with E-state index in [4.69, 9.17) is 0 Å². The van der Waals surface area contributed by atoms with E-state index in [1.54, 1.807) is 4.90 Å². The second-order valence-electron chi connectivity index (χ2n) is 4.97. The number of nitrogens with one attached hydrogen (secondary N) is 3. The molecule has 3 rings (SSSR count). The zero-order valence-electron chi connectivity index (χ0n) is 11.2. The molecule has 2 aliphatic rings. The number of amides is 2. The van der Waals surface area contributed by atoms with Gasteiger partial charge in [0, 0.05) is 39.1 Å². The van der Waals surface area contributed by atoms with Gasteiger partial charge in [-0.2, -0.15) is 0 Å². The third-order valence-corrected chi connectivity index (χ3v) is 3.64. The lowest BCUT2D eigenvalue weighted by Gasteiger charge is -2.25. The Morgan fingerprint density at radius 2 is 1.90 bits per heavy atom. The van der Waals surface area contributed by atoms with Gasteiger partial charge in [-0.05, 0) is 12.1 Å². The first-order chi connectivity index (χ1) is 9.75. The van der Waals surface area contributed by atoms with Crippen LogP contribution >= 0.6 is 0 Å². The maximum Gasteiger partial charge on any atom is 0.256 e. The fraction of sp³-hybridized carbons (Fsp3) is 0.429. The molecule has 0 atom stereocenters. The third kappa shape index (κ3) is 2.41. The quantitative estimate of drug-likeness (QED) is 0.696. The van der Waals surface area contributed by atoms with Gasteiger partial charge < -0.3 is 20.9 Å². The summed E-state index contributed by atoms with van der Waals surface area (Å²) in [5, 5.41) is 9.35. The number of fused-ring (bicyclic) bond motifs is 1. The number of nitrogens with zero attached hydrogens (tertiary/aromatic N) is 1. The molecule has 0 radical (unpaired) electrons. The summed E-state index contributed by atoms with van der Waals surface area (Å²) in [6.45, 7) is 3.21. The Hall–Kier alpha value is -2.24. The number of carbonyl (C=O) groups excluding carboxylic acids is 2. The zero-order chi connectivity index (χ0) is 13.9. The molecule has 1 fully saturated rings. The van der Waals surface area contributed by atoms with Crippen LogP contribution in [-0.2, 0) is 4.79 Å². The van der Waals surface area contributed by atoms with E-state index >= 15 is 0 Å². The van der Waals surface area contributed by atoms with E-state index in [2.05, 4.69) is 16.0 Å². The highest BCUT2D eigenvalue weighted by Gasteiger charge is 2.23. The second kappa shape index (κ2) is 5.40. The number of anilines is 2. The molecule has 2 aliphatic heterocycles. The minimum atomic E-state index is -0.0189. The van der Waals surface area contributed by atoms with Crippen molar-refractivity contribution in [2.45, 2.75) is 6.42 Å². The van der Waals surface area contributed by atoms with Crippen LogP contribution < -0.4 is 16.0 Å². The lowest BCUT2D eigenvalue weighted by atomic mass is 10.1. The number of rotatable bonds is 1. The fourth-order valence-electron chi connectivity index (χ4n) is 2.59. The van der Waals surface area contributed by atoms with Gasteiger partial charge in [-0.25, -0.2) is 0 Å². The summed E-state index contributed by atoms with van der Waals surface area (Å²) in [7, 11) is 0. The van der Waals surface area contributed by atoms with Crippen LogP contribution in [0.25, 0.3) is 0 Å². The van der Waals surface area contributed by atoms with E-state index in [1.165, 1.54) is 0 Å². The first kappa shape index (κ1) is 12.8. The van der Waals surface area contributed by atoms with Crippen LogP contribution in [0.15, 0.2) is 18.2 Å². The van der Waals surface area contributed by atoms with Gasteiger partial charge in [-0.1, -0.05) is 6.07 Å². The average Bonchev–Trinajstić information content (AvgIpc) is 2.71. The molecular formula is C14H18N4O2. The van der Waals surface area contributed by atoms with E-state index in [-0.39, 0.29) is 11.8 Å². The van der Waals surface area contributed by atoms with Gasteiger partial charge in [0.25, 0.3) is 5.91 Å². The number of benzene rings is 1. The van der Waals surface area contributed by atoms with Gasteiger partial charge in [-0.3, -0.25) is 9.59 Å². The fourth-order valence-corrected chi connectivity index (χ4v) is 2.59. The molecule has 6 nitrogen and oxygen atoms in total. The average molecular weight is 274 g/mol. The number of carbonyl (C=O) groups is 2. The van der Waals surface area contributed by atoms with Crippen LogP contribution in [0.4, 0.5) is 11.4 Å². The largest absolute Gasteiger partial charge is 0.382 e. The van der Waals surface area contributed by atoms with Gasteiger partial charge in [0.05, 0.1) is 16.9 Å². The van der Waals surface area contributed by atoms with Crippen molar-refractivity contribution in [3.63, 3.8) is 0 Å². The second-order valence-corrected chi connectivity index (χ2v) is 4.97. The summed E-state index contributed by atoms with van der Waals surface area (Å²) in [5.41, 5.74) is 2.50. The van der Waals surface area contributed by atoms with Gasteiger partial charge in [0.15, 0.2) is 0 Å². The lowest BCUT2D eigenvalue weighted by molar-refractivity contribution is -0.120. The maximum atomic E-state index is 12.7. The predicted octanol–water partition coefficient (Wildman–Crippen LogP) is 0.486. The summed E-state index contributed by atoms with van der Waals surface area (Å²) in [6, 6.07) is 5.68. The van der Waals surface area contributed by atoms with Crippen molar-refractivity contribution >= 4 is 23.2 Å². The monoisotopic (exact) mass is 274 g/mol. The number of para-hydroxylation sites is 1. The number of hydrogen-bond donors (Lipinski definition) is 3. The van der Waals surface area contributed by atoms with Crippen LogP contribution in [-0.4, -0.2) is 49.4 Å². The molecule has 0 aromatic heterocycles. The summed E-state index contributed by atoms with van der Waals surface area (Å²) in [4.78, 5) is 25.7. The molecule has 6 heteroatoms. The van der Waals surface area contributed by atoms with Crippen molar-refractivity contribution in [2.24, 2.45) is 0 Å². The first-order valence-electron chi connectivity index (χ1n) is 6.92. The number of hydrogen-bond acceptors (Lipinski definition) is 4. The van der Waals surface area contributed by atoms with E-state index < -0.39 is 0 Å². The molecule has 0 aliphatic carbocycles. The summed E-state index contributed by atoms with van der Waals surface area (Å²) in [6.07, 6.45) is 0.368. The third-order valence-electron chi connectivity index (χ3n) is 3.64. The first-order valence-corrected chi connectivity index (χ1v) is 6.92. The summed E-state index contributed by atoms with van der Waals surface area (Å²) < 4.78 is 0. The Morgan fingerprint density at radius 1 is 1.05 bits per heavy atom. The molecule has 1 aromatic rings. The van der Waals surface area contributed by atoms with Crippen molar-refractivity contribution < 1.29 is 9.59 Å².